The third-order valence-electron chi connectivity index (χ3n) is 7.19. The van der Waals surface area contributed by atoms with Gasteiger partial charge in [0.2, 0.25) is 5.91 Å². The molecule has 6 rings (SSSR count). The number of amides is 2. The maximum absolute atomic E-state index is 14.2. The Hall–Kier alpha value is -4.56. The van der Waals surface area contributed by atoms with Crippen molar-refractivity contribution in [2.75, 3.05) is 31.3 Å². The maximum Gasteiger partial charge on any atom is 0.266 e. The number of benzene rings is 4. The molecule has 0 aromatic heterocycles. The second-order valence-electron chi connectivity index (χ2n) is 9.12. The van der Waals surface area contributed by atoms with E-state index in [9.17, 15) is 9.59 Å². The molecule has 2 saturated heterocycles. The molecule has 0 N–H and O–H groups in total. The number of para-hydroxylation sites is 1. The van der Waals surface area contributed by atoms with E-state index in [4.69, 9.17) is 19.0 Å². The molecule has 0 aliphatic carbocycles. The second kappa shape index (κ2) is 9.39. The average molecular weight is 511 g/mol. The van der Waals surface area contributed by atoms with Gasteiger partial charge in [0.05, 0.1) is 32.7 Å². The molecule has 4 aromatic carbocycles. The highest BCUT2D eigenvalue weighted by Crippen LogP contribution is 2.51. The Morgan fingerprint density at radius 2 is 1.37 bits per heavy atom. The SMILES string of the molecule is COc1cc(OC)c([C@H]2[C@H]3C(=O)N(c4cccc5ccccc45)C(=O)[C@H]3ON2c2ccccc2)cc1OC. The van der Waals surface area contributed by atoms with Gasteiger partial charge < -0.3 is 14.2 Å². The van der Waals surface area contributed by atoms with E-state index in [1.807, 2.05) is 66.7 Å². The molecule has 2 aliphatic heterocycles. The summed E-state index contributed by atoms with van der Waals surface area (Å²) < 4.78 is 16.8. The Morgan fingerprint density at radius 1 is 0.711 bits per heavy atom. The number of carbonyl (C=O) groups is 2. The smallest absolute Gasteiger partial charge is 0.266 e. The van der Waals surface area contributed by atoms with E-state index >= 15 is 0 Å². The minimum absolute atomic E-state index is 0.336. The van der Waals surface area contributed by atoms with Crippen LogP contribution in [0.1, 0.15) is 11.6 Å². The van der Waals surface area contributed by atoms with E-state index in [1.165, 1.54) is 4.90 Å². The Labute approximate surface area is 219 Å². The molecule has 2 amide bonds. The highest BCUT2D eigenvalue weighted by Gasteiger charge is 2.61. The molecule has 2 heterocycles. The van der Waals surface area contributed by atoms with Crippen molar-refractivity contribution in [1.29, 1.82) is 0 Å². The van der Waals surface area contributed by atoms with Crippen LogP contribution in [0.25, 0.3) is 10.8 Å². The van der Waals surface area contributed by atoms with Crippen molar-refractivity contribution in [2.45, 2.75) is 12.1 Å². The number of nitrogens with zero attached hydrogens (tertiary/aromatic N) is 2. The van der Waals surface area contributed by atoms with Crippen LogP contribution in [0.3, 0.4) is 0 Å². The number of hydrogen-bond donors (Lipinski definition) is 0. The first kappa shape index (κ1) is 23.8. The largest absolute Gasteiger partial charge is 0.496 e. The van der Waals surface area contributed by atoms with Gasteiger partial charge in [-0.05, 0) is 29.7 Å². The first-order chi connectivity index (χ1) is 18.6. The summed E-state index contributed by atoms with van der Waals surface area (Å²) in [5.74, 6) is -0.116. The molecule has 0 unspecified atom stereocenters. The molecule has 3 atom stereocenters. The van der Waals surface area contributed by atoms with E-state index in [0.29, 0.717) is 34.2 Å². The Kier molecular flexibility index (Phi) is 5.88. The van der Waals surface area contributed by atoms with Gasteiger partial charge in [0.1, 0.15) is 17.7 Å². The van der Waals surface area contributed by atoms with Crippen LogP contribution in [0.2, 0.25) is 0 Å². The minimum Gasteiger partial charge on any atom is -0.496 e. The summed E-state index contributed by atoms with van der Waals surface area (Å²) in [5, 5.41) is 3.39. The molecule has 0 spiro atoms. The molecule has 4 aromatic rings. The lowest BCUT2D eigenvalue weighted by molar-refractivity contribution is -0.126. The molecule has 8 heteroatoms. The number of methoxy groups -OCH3 is 3. The fraction of sp³-hybridized carbons (Fsp3) is 0.200. The Balaban J connectivity index is 1.51. The highest BCUT2D eigenvalue weighted by molar-refractivity contribution is 6.26. The lowest BCUT2D eigenvalue weighted by atomic mass is 9.89. The molecule has 0 saturated carbocycles. The quantitative estimate of drug-likeness (QED) is 0.341. The second-order valence-corrected chi connectivity index (χ2v) is 9.12. The van der Waals surface area contributed by atoms with Crippen molar-refractivity contribution >= 4 is 34.0 Å². The van der Waals surface area contributed by atoms with Gasteiger partial charge in [-0.25, -0.2) is 9.96 Å². The fourth-order valence-electron chi connectivity index (χ4n) is 5.45. The normalized spacial score (nSPS) is 20.7. The van der Waals surface area contributed by atoms with Gasteiger partial charge in [-0.15, -0.1) is 0 Å². The zero-order valence-electron chi connectivity index (χ0n) is 21.2. The first-order valence-electron chi connectivity index (χ1n) is 12.2. The van der Waals surface area contributed by atoms with Gasteiger partial charge in [0.25, 0.3) is 5.91 Å². The van der Waals surface area contributed by atoms with Crippen molar-refractivity contribution in [3.8, 4) is 17.2 Å². The minimum atomic E-state index is -1.01. The maximum atomic E-state index is 14.2. The third kappa shape index (κ3) is 3.56. The third-order valence-corrected chi connectivity index (χ3v) is 7.19. The van der Waals surface area contributed by atoms with Gasteiger partial charge in [0.15, 0.2) is 17.6 Å². The monoisotopic (exact) mass is 510 g/mol. The van der Waals surface area contributed by atoms with Gasteiger partial charge in [-0.2, -0.15) is 0 Å². The van der Waals surface area contributed by atoms with Crippen LogP contribution in [0.5, 0.6) is 17.2 Å². The van der Waals surface area contributed by atoms with Crippen LogP contribution in [0, 0.1) is 5.92 Å². The lowest BCUT2D eigenvalue weighted by Crippen LogP contribution is -2.37. The number of ether oxygens (including phenoxy) is 3. The van der Waals surface area contributed by atoms with E-state index in [2.05, 4.69) is 0 Å². The number of hydrogen-bond acceptors (Lipinski definition) is 7. The average Bonchev–Trinajstić information content (AvgIpc) is 3.47. The molecule has 38 heavy (non-hydrogen) atoms. The van der Waals surface area contributed by atoms with Crippen molar-refractivity contribution in [1.82, 2.24) is 0 Å². The molecule has 192 valence electrons. The summed E-state index contributed by atoms with van der Waals surface area (Å²) in [7, 11) is 4.64. The summed E-state index contributed by atoms with van der Waals surface area (Å²) in [6.45, 7) is 0. The Bertz CT molecular complexity index is 1530. The molecule has 2 fully saturated rings. The summed E-state index contributed by atoms with van der Waals surface area (Å²) in [5.41, 5.74) is 1.89. The Morgan fingerprint density at radius 3 is 2.11 bits per heavy atom. The van der Waals surface area contributed by atoms with Crippen LogP contribution in [0.4, 0.5) is 11.4 Å². The summed E-state index contributed by atoms with van der Waals surface area (Å²) in [4.78, 5) is 35.6. The van der Waals surface area contributed by atoms with E-state index < -0.39 is 24.0 Å². The lowest BCUT2D eigenvalue weighted by Gasteiger charge is -2.30. The molecule has 8 nitrogen and oxygen atoms in total. The van der Waals surface area contributed by atoms with Crippen LogP contribution >= 0.6 is 0 Å². The van der Waals surface area contributed by atoms with Gasteiger partial charge in [0, 0.05) is 17.0 Å². The summed E-state index contributed by atoms with van der Waals surface area (Å²) in [6, 6.07) is 25.5. The molecule has 0 radical (unpaired) electrons. The van der Waals surface area contributed by atoms with Gasteiger partial charge >= 0.3 is 0 Å². The van der Waals surface area contributed by atoms with Gasteiger partial charge in [-0.1, -0.05) is 54.6 Å². The van der Waals surface area contributed by atoms with E-state index in [0.717, 1.165) is 10.8 Å². The van der Waals surface area contributed by atoms with Crippen LogP contribution in [-0.2, 0) is 14.4 Å². The van der Waals surface area contributed by atoms with Crippen LogP contribution in [0.15, 0.2) is 84.9 Å². The number of imide groups is 1. The van der Waals surface area contributed by atoms with Gasteiger partial charge in [-0.3, -0.25) is 14.4 Å². The number of fused-ring (bicyclic) bond motifs is 2. The summed E-state index contributed by atoms with van der Waals surface area (Å²) >= 11 is 0. The zero-order chi connectivity index (χ0) is 26.4. The van der Waals surface area contributed by atoms with E-state index in [1.54, 1.807) is 44.6 Å². The molecule has 0 bridgehead atoms. The standard InChI is InChI=1S/C30H26N2O6/c1-35-23-17-25(37-3)24(36-2)16-21(23)27-26-28(38-32(27)19-12-5-4-6-13-19)30(34)31(29(26)33)22-15-9-11-18-10-7-8-14-20(18)22/h4-17,26-28H,1-3H3/t26-,27+,28+/m1/s1. The number of rotatable bonds is 6. The molecular formula is C30H26N2O6. The first-order valence-corrected chi connectivity index (χ1v) is 12.2. The van der Waals surface area contributed by atoms with Crippen molar-refractivity contribution in [2.24, 2.45) is 5.92 Å². The topological polar surface area (TPSA) is 77.5 Å². The number of anilines is 2. The number of hydroxylamine groups is 1. The van der Waals surface area contributed by atoms with Crippen LogP contribution < -0.4 is 24.2 Å². The molecule has 2 aliphatic rings. The number of carbonyl (C=O) groups excluding carboxylic acids is 2. The fourth-order valence-corrected chi connectivity index (χ4v) is 5.45. The van der Waals surface area contributed by atoms with Crippen LogP contribution in [-0.4, -0.2) is 39.2 Å². The van der Waals surface area contributed by atoms with Crippen molar-refractivity contribution in [3.63, 3.8) is 0 Å². The highest BCUT2D eigenvalue weighted by atomic mass is 16.7. The van der Waals surface area contributed by atoms with E-state index in [-0.39, 0.29) is 5.91 Å². The summed E-state index contributed by atoms with van der Waals surface area (Å²) in [6.07, 6.45) is -1.01. The molecular weight excluding hydrogens is 484 g/mol. The predicted octanol–water partition coefficient (Wildman–Crippen LogP) is 4.92. The van der Waals surface area contributed by atoms with Crippen molar-refractivity contribution < 1.29 is 28.6 Å². The predicted molar refractivity (Wildman–Crippen MR) is 143 cm³/mol. The zero-order valence-corrected chi connectivity index (χ0v) is 21.2. The van der Waals surface area contributed by atoms with Crippen molar-refractivity contribution in [3.05, 3.63) is 90.5 Å².